The third kappa shape index (κ3) is 11.1. The Morgan fingerprint density at radius 3 is 1.40 bits per heavy atom. The van der Waals surface area contributed by atoms with Crippen LogP contribution in [0.3, 0.4) is 0 Å². The van der Waals surface area contributed by atoms with E-state index in [1.165, 1.54) is 0 Å². The van der Waals surface area contributed by atoms with E-state index in [-0.39, 0.29) is 38.5 Å². The Morgan fingerprint density at radius 1 is 0.900 bits per heavy atom. The van der Waals surface area contributed by atoms with Crippen LogP contribution in [0.25, 0.3) is 0 Å². The van der Waals surface area contributed by atoms with Gasteiger partial charge in [0.2, 0.25) is 0 Å². The average Bonchev–Trinajstić information content (AvgIpc) is 1.96. The maximum Gasteiger partial charge on any atom is 2.00 e. The third-order valence-corrected chi connectivity index (χ3v) is 0.607. The molecule has 0 atom stereocenters. The van der Waals surface area contributed by atoms with Gasteiger partial charge in [-0.15, -0.1) is 0 Å². The zero-order valence-corrected chi connectivity index (χ0v) is 11.1. The fraction of sp³-hybridized carbons (Fsp3) is 0.222. The summed E-state index contributed by atoms with van der Waals surface area (Å²) in [5.74, 6) is 0. The van der Waals surface area contributed by atoms with Gasteiger partial charge in [-0.1, -0.05) is 13.8 Å². The Hall–Kier alpha value is 0.272. The van der Waals surface area contributed by atoms with Crippen LogP contribution in [0.1, 0.15) is 13.8 Å². The van der Waals surface area contributed by atoms with Gasteiger partial charge in [0.15, 0.2) is 0 Å². The van der Waals surface area contributed by atoms with Crippen molar-refractivity contribution in [3.05, 3.63) is 43.8 Å². The molecule has 0 radical (unpaired) electrons. The predicted octanol–water partition coefficient (Wildman–Crippen LogP) is 2.96. The van der Waals surface area contributed by atoms with Crippen LogP contribution in [0, 0.1) is 44.6 Å². The molecule has 0 heterocycles. The Morgan fingerprint density at radius 2 is 1.30 bits per heavy atom. The van der Waals surface area contributed by atoms with Gasteiger partial charge in [-0.25, -0.2) is 0 Å². The van der Waals surface area contributed by atoms with E-state index in [0.717, 1.165) is 0 Å². The van der Waals surface area contributed by atoms with E-state index >= 15 is 0 Å². The molecule has 0 unspecified atom stereocenters. The van der Waals surface area contributed by atoms with Crippen molar-refractivity contribution < 1.29 is 31.1 Å². The van der Waals surface area contributed by atoms with Crippen molar-refractivity contribution in [3.63, 3.8) is 0 Å². The third-order valence-electron chi connectivity index (χ3n) is 0.607. The first-order valence-electron chi connectivity index (χ1n) is 2.91. The molecule has 0 saturated carbocycles. The first kappa shape index (κ1) is 16.7. The second-order valence-electron chi connectivity index (χ2n) is 1.08. The number of benzene rings is 1. The SMILES string of the molecule is CC.[CH3-].[U+2].[c-]1ccccc1. The molecular weight excluding hydrogens is 346 g/mol. The van der Waals surface area contributed by atoms with Gasteiger partial charge in [0.25, 0.3) is 0 Å². The zero-order chi connectivity index (χ0) is 6.24. The minimum Gasteiger partial charge on any atom is -0.358 e. The molecule has 0 aromatic heterocycles. The van der Waals surface area contributed by atoms with Gasteiger partial charge in [-0.3, -0.25) is 0 Å². The summed E-state index contributed by atoms with van der Waals surface area (Å²) in [6, 6.07) is 12.5. The van der Waals surface area contributed by atoms with Gasteiger partial charge >= 0.3 is 31.1 Å². The molecule has 0 aliphatic heterocycles. The molecule has 1 aromatic rings. The van der Waals surface area contributed by atoms with Gasteiger partial charge in [0, 0.05) is 0 Å². The van der Waals surface area contributed by atoms with Crippen LogP contribution in [0.2, 0.25) is 0 Å². The van der Waals surface area contributed by atoms with Gasteiger partial charge < -0.3 is 7.43 Å². The fourth-order valence-corrected chi connectivity index (χ4v) is 0.342. The molecule has 0 amide bonds. The maximum atomic E-state index is 2.89. The number of hydrogen-bond donors (Lipinski definition) is 0. The molecule has 0 fully saturated rings. The van der Waals surface area contributed by atoms with Crippen LogP contribution in [0.5, 0.6) is 0 Å². The van der Waals surface area contributed by atoms with E-state index in [0.29, 0.717) is 0 Å². The van der Waals surface area contributed by atoms with E-state index in [2.05, 4.69) is 6.07 Å². The first-order valence-corrected chi connectivity index (χ1v) is 2.91. The average molecular weight is 360 g/mol. The topological polar surface area (TPSA) is 0 Å². The van der Waals surface area contributed by atoms with E-state index in [1.807, 2.05) is 44.2 Å². The standard InChI is InChI=1S/C6H5.C2H6.CH3.U/c1-2-4-6-5-3-1;1-2;;/h1-5H;1-2H3;1H3;/q-1;;-1;+2. The second kappa shape index (κ2) is 16.1. The van der Waals surface area contributed by atoms with Crippen LogP contribution in [-0.4, -0.2) is 0 Å². The van der Waals surface area contributed by atoms with Crippen molar-refractivity contribution in [1.82, 2.24) is 0 Å². The molecule has 0 saturated heterocycles. The summed E-state index contributed by atoms with van der Waals surface area (Å²) in [5.41, 5.74) is 0. The van der Waals surface area contributed by atoms with E-state index < -0.39 is 0 Å². The second-order valence-corrected chi connectivity index (χ2v) is 1.08. The molecule has 1 aromatic carbocycles. The molecule has 54 valence electrons. The molecule has 0 aliphatic carbocycles. The first-order chi connectivity index (χ1) is 4.00. The molecule has 0 aliphatic rings. The quantitative estimate of drug-likeness (QED) is 0.624. The van der Waals surface area contributed by atoms with Crippen molar-refractivity contribution in [2.24, 2.45) is 0 Å². The normalized spacial score (nSPS) is 5.40. The Bertz CT molecular complexity index is 76.7. The summed E-state index contributed by atoms with van der Waals surface area (Å²) in [6.45, 7) is 4.00. The Kier molecular flexibility index (Phi) is 26.9. The van der Waals surface area contributed by atoms with Crippen LogP contribution < -0.4 is 0 Å². The molecule has 10 heavy (non-hydrogen) atoms. The summed E-state index contributed by atoms with van der Waals surface area (Å²) in [4.78, 5) is 0. The minimum atomic E-state index is 0. The van der Waals surface area contributed by atoms with E-state index in [9.17, 15) is 0 Å². The Balaban J connectivity index is -0.000000114. The summed E-state index contributed by atoms with van der Waals surface area (Å²) in [5, 5.41) is 0. The summed E-state index contributed by atoms with van der Waals surface area (Å²) in [6.07, 6.45) is 0. The fourth-order valence-electron chi connectivity index (χ4n) is 0.342. The summed E-state index contributed by atoms with van der Waals surface area (Å²) in [7, 11) is 0. The maximum absolute atomic E-state index is 2.89. The van der Waals surface area contributed by atoms with Crippen molar-refractivity contribution in [2.75, 3.05) is 0 Å². The van der Waals surface area contributed by atoms with Crippen LogP contribution in [0.15, 0.2) is 30.3 Å². The van der Waals surface area contributed by atoms with Crippen LogP contribution in [0.4, 0.5) is 0 Å². The number of hydrogen-bond acceptors (Lipinski definition) is 0. The van der Waals surface area contributed by atoms with Crippen LogP contribution in [-0.2, 0) is 0 Å². The number of rotatable bonds is 0. The monoisotopic (exact) mass is 360 g/mol. The minimum absolute atomic E-state index is 0. The smallest absolute Gasteiger partial charge is 0.358 e. The van der Waals surface area contributed by atoms with Crippen molar-refractivity contribution in [3.8, 4) is 0 Å². The van der Waals surface area contributed by atoms with Crippen LogP contribution >= 0.6 is 0 Å². The van der Waals surface area contributed by atoms with Crippen molar-refractivity contribution >= 4 is 0 Å². The van der Waals surface area contributed by atoms with E-state index in [1.54, 1.807) is 0 Å². The van der Waals surface area contributed by atoms with Gasteiger partial charge in [0.1, 0.15) is 0 Å². The van der Waals surface area contributed by atoms with Gasteiger partial charge in [-0.2, -0.15) is 36.4 Å². The predicted molar refractivity (Wildman–Crippen MR) is 43.0 cm³/mol. The summed E-state index contributed by atoms with van der Waals surface area (Å²) < 4.78 is 0. The molecule has 0 bridgehead atoms. The molecule has 1 rings (SSSR count). The zero-order valence-electron chi connectivity index (χ0n) is 6.89. The molecular formula is C9H14U. The molecule has 0 spiro atoms. The van der Waals surface area contributed by atoms with Gasteiger partial charge in [0.05, 0.1) is 0 Å². The van der Waals surface area contributed by atoms with Crippen molar-refractivity contribution in [1.29, 1.82) is 0 Å². The Labute approximate surface area is 88.4 Å². The van der Waals surface area contributed by atoms with E-state index in [4.69, 9.17) is 0 Å². The van der Waals surface area contributed by atoms with Crippen molar-refractivity contribution in [2.45, 2.75) is 13.8 Å². The molecule has 0 N–H and O–H groups in total. The molecule has 1 heteroatoms. The molecule has 0 nitrogen and oxygen atoms in total. The largest absolute Gasteiger partial charge is 2.00 e. The van der Waals surface area contributed by atoms with Gasteiger partial charge in [-0.05, 0) is 0 Å². The summed E-state index contributed by atoms with van der Waals surface area (Å²) >= 11 is 0.